The smallest absolute Gasteiger partial charge is 0.223 e. The number of aryl methyl sites for hydroxylation is 1. The molecule has 5 aromatic heterocycles. The van der Waals surface area contributed by atoms with Crippen molar-refractivity contribution in [1.29, 1.82) is 0 Å². The van der Waals surface area contributed by atoms with Crippen LogP contribution in [0.1, 0.15) is 11.3 Å². The first-order chi connectivity index (χ1) is 15.3. The summed E-state index contributed by atoms with van der Waals surface area (Å²) in [6.07, 6.45) is 8.24. The Hall–Kier alpha value is -4.13. The quantitative estimate of drug-likeness (QED) is 0.454. The number of pyridine rings is 3. The van der Waals surface area contributed by atoms with Crippen LogP contribution in [0.4, 0.5) is 5.95 Å². The average Bonchev–Trinajstić information content (AvgIpc) is 3.20. The highest BCUT2D eigenvalue weighted by Gasteiger charge is 2.18. The van der Waals surface area contributed by atoms with Crippen molar-refractivity contribution in [3.63, 3.8) is 0 Å². The number of anilines is 1. The van der Waals surface area contributed by atoms with Gasteiger partial charge < -0.3 is 5.32 Å². The third-order valence-corrected chi connectivity index (χ3v) is 5.01. The first-order valence-electron chi connectivity index (χ1n) is 10.2. The summed E-state index contributed by atoms with van der Waals surface area (Å²) >= 11 is 0. The lowest BCUT2D eigenvalue weighted by atomic mass is 10.1. The average molecular weight is 407 g/mol. The van der Waals surface area contributed by atoms with E-state index in [4.69, 9.17) is 15.0 Å². The highest BCUT2D eigenvalue weighted by Crippen LogP contribution is 2.31. The second-order valence-corrected chi connectivity index (χ2v) is 7.20. The summed E-state index contributed by atoms with van der Waals surface area (Å²) in [6.45, 7) is 2.71. The molecule has 0 aliphatic carbocycles. The standard InChI is InChI=1S/C24H21N7/c1-17-5-4-6-19(28-17)22-23(31-16-3-2-7-21(31)30-22)20-11-15-27-24(29-20)26-14-10-18-8-12-25-13-9-18/h2-9,11-13,15-16H,10,14H2,1H3,(H,26,27,29). The molecule has 1 N–H and O–H groups in total. The number of fused-ring (bicyclic) bond motifs is 1. The molecule has 152 valence electrons. The van der Waals surface area contributed by atoms with Crippen molar-refractivity contribution in [2.75, 3.05) is 11.9 Å². The Morgan fingerprint density at radius 3 is 2.61 bits per heavy atom. The second-order valence-electron chi connectivity index (χ2n) is 7.20. The first kappa shape index (κ1) is 18.9. The van der Waals surface area contributed by atoms with Crippen molar-refractivity contribution < 1.29 is 0 Å². The van der Waals surface area contributed by atoms with Crippen LogP contribution in [0.5, 0.6) is 0 Å². The fourth-order valence-corrected chi connectivity index (χ4v) is 3.54. The molecule has 0 aromatic carbocycles. The van der Waals surface area contributed by atoms with Crippen LogP contribution in [0.2, 0.25) is 0 Å². The van der Waals surface area contributed by atoms with Crippen LogP contribution in [0.25, 0.3) is 28.4 Å². The van der Waals surface area contributed by atoms with E-state index in [1.807, 2.05) is 72.1 Å². The third kappa shape index (κ3) is 3.98. The van der Waals surface area contributed by atoms with Crippen molar-refractivity contribution in [2.24, 2.45) is 0 Å². The normalized spacial score (nSPS) is 11.0. The maximum atomic E-state index is 4.85. The predicted molar refractivity (Wildman–Crippen MR) is 121 cm³/mol. The van der Waals surface area contributed by atoms with Gasteiger partial charge in [-0.1, -0.05) is 12.1 Å². The van der Waals surface area contributed by atoms with Gasteiger partial charge in [-0.3, -0.25) is 14.4 Å². The summed E-state index contributed by atoms with van der Waals surface area (Å²) < 4.78 is 2.04. The Labute approximate surface area is 179 Å². The molecule has 0 aliphatic heterocycles. The predicted octanol–water partition coefficient (Wildman–Crippen LogP) is 4.21. The van der Waals surface area contributed by atoms with Crippen LogP contribution in [-0.4, -0.2) is 35.9 Å². The topological polar surface area (TPSA) is 80.9 Å². The molecular weight excluding hydrogens is 386 g/mol. The molecule has 5 heterocycles. The van der Waals surface area contributed by atoms with Gasteiger partial charge in [0.2, 0.25) is 5.95 Å². The third-order valence-electron chi connectivity index (χ3n) is 5.01. The van der Waals surface area contributed by atoms with Crippen LogP contribution in [-0.2, 0) is 6.42 Å². The zero-order valence-corrected chi connectivity index (χ0v) is 17.1. The Balaban J connectivity index is 1.50. The number of aromatic nitrogens is 6. The second kappa shape index (κ2) is 8.31. The van der Waals surface area contributed by atoms with Gasteiger partial charge in [0.1, 0.15) is 17.0 Å². The summed E-state index contributed by atoms with van der Waals surface area (Å²) in [5, 5.41) is 3.32. The van der Waals surface area contributed by atoms with E-state index in [2.05, 4.69) is 15.3 Å². The van der Waals surface area contributed by atoms with Crippen LogP contribution < -0.4 is 5.32 Å². The van der Waals surface area contributed by atoms with E-state index >= 15 is 0 Å². The fraction of sp³-hybridized carbons (Fsp3) is 0.125. The van der Waals surface area contributed by atoms with Crippen molar-refractivity contribution in [2.45, 2.75) is 13.3 Å². The van der Waals surface area contributed by atoms with Gasteiger partial charge in [0.05, 0.1) is 11.4 Å². The number of nitrogens with one attached hydrogen (secondary N) is 1. The highest BCUT2D eigenvalue weighted by atomic mass is 15.1. The molecule has 0 radical (unpaired) electrons. The lowest BCUT2D eigenvalue weighted by molar-refractivity contribution is 0.979. The van der Waals surface area contributed by atoms with Gasteiger partial charge in [0, 0.05) is 37.0 Å². The molecule has 0 unspecified atom stereocenters. The van der Waals surface area contributed by atoms with E-state index in [0.717, 1.165) is 47.1 Å². The minimum Gasteiger partial charge on any atom is -0.354 e. The molecule has 5 rings (SSSR count). The highest BCUT2D eigenvalue weighted by molar-refractivity contribution is 5.79. The van der Waals surface area contributed by atoms with Gasteiger partial charge in [0.15, 0.2) is 0 Å². The molecular formula is C24H21N7. The van der Waals surface area contributed by atoms with Crippen LogP contribution in [0.3, 0.4) is 0 Å². The van der Waals surface area contributed by atoms with E-state index in [1.165, 1.54) is 5.56 Å². The van der Waals surface area contributed by atoms with Crippen LogP contribution >= 0.6 is 0 Å². The minimum absolute atomic E-state index is 0.584. The minimum atomic E-state index is 0.584. The van der Waals surface area contributed by atoms with E-state index in [9.17, 15) is 0 Å². The molecule has 0 atom stereocenters. The number of imidazole rings is 1. The molecule has 0 spiro atoms. The Morgan fingerprint density at radius 1 is 0.839 bits per heavy atom. The molecule has 0 amide bonds. The van der Waals surface area contributed by atoms with Crippen LogP contribution in [0.15, 0.2) is 79.4 Å². The van der Waals surface area contributed by atoms with E-state index in [1.54, 1.807) is 18.6 Å². The lowest BCUT2D eigenvalue weighted by Gasteiger charge is -2.08. The van der Waals surface area contributed by atoms with Gasteiger partial charge in [-0.05, 0) is 61.4 Å². The van der Waals surface area contributed by atoms with E-state index in [-0.39, 0.29) is 0 Å². The van der Waals surface area contributed by atoms with Crippen molar-refractivity contribution in [3.05, 3.63) is 90.6 Å². The molecule has 7 nitrogen and oxygen atoms in total. The van der Waals surface area contributed by atoms with Crippen molar-refractivity contribution in [1.82, 2.24) is 29.3 Å². The SMILES string of the molecule is Cc1cccc(-c2nc3ccccn3c2-c2ccnc(NCCc3ccncc3)n2)n1. The van der Waals surface area contributed by atoms with Crippen molar-refractivity contribution in [3.8, 4) is 22.8 Å². The van der Waals surface area contributed by atoms with Crippen molar-refractivity contribution >= 4 is 11.6 Å². The van der Waals surface area contributed by atoms with E-state index in [0.29, 0.717) is 5.95 Å². The molecule has 0 fully saturated rings. The lowest BCUT2D eigenvalue weighted by Crippen LogP contribution is -2.08. The van der Waals surface area contributed by atoms with E-state index < -0.39 is 0 Å². The Bertz CT molecular complexity index is 1330. The van der Waals surface area contributed by atoms with Gasteiger partial charge in [0.25, 0.3) is 0 Å². The van der Waals surface area contributed by atoms with Gasteiger partial charge in [-0.15, -0.1) is 0 Å². The molecule has 7 heteroatoms. The van der Waals surface area contributed by atoms with Gasteiger partial charge in [-0.2, -0.15) is 0 Å². The number of hydrogen-bond donors (Lipinski definition) is 1. The summed E-state index contributed by atoms with van der Waals surface area (Å²) in [7, 11) is 0. The zero-order chi connectivity index (χ0) is 21.0. The molecule has 0 saturated carbocycles. The zero-order valence-electron chi connectivity index (χ0n) is 17.1. The summed E-state index contributed by atoms with van der Waals surface area (Å²) in [5.41, 5.74) is 6.32. The molecule has 0 saturated heterocycles. The maximum absolute atomic E-state index is 4.85. The number of rotatable bonds is 6. The molecule has 31 heavy (non-hydrogen) atoms. The number of hydrogen-bond acceptors (Lipinski definition) is 6. The summed E-state index contributed by atoms with van der Waals surface area (Å²) in [6, 6.07) is 17.8. The largest absolute Gasteiger partial charge is 0.354 e. The number of nitrogens with zero attached hydrogens (tertiary/aromatic N) is 6. The first-order valence-corrected chi connectivity index (χ1v) is 10.2. The molecule has 0 bridgehead atoms. The van der Waals surface area contributed by atoms with Crippen LogP contribution in [0, 0.1) is 6.92 Å². The summed E-state index contributed by atoms with van der Waals surface area (Å²) in [5.74, 6) is 0.584. The molecule has 5 aromatic rings. The molecule has 0 aliphatic rings. The van der Waals surface area contributed by atoms with Gasteiger partial charge >= 0.3 is 0 Å². The Kier molecular flexibility index (Phi) is 5.06. The Morgan fingerprint density at radius 2 is 1.74 bits per heavy atom. The fourth-order valence-electron chi connectivity index (χ4n) is 3.54. The maximum Gasteiger partial charge on any atom is 0.223 e. The summed E-state index contributed by atoms with van der Waals surface area (Å²) in [4.78, 5) is 22.8. The van der Waals surface area contributed by atoms with Gasteiger partial charge in [-0.25, -0.2) is 15.0 Å². The monoisotopic (exact) mass is 407 g/mol.